The summed E-state index contributed by atoms with van der Waals surface area (Å²) >= 11 is 0. The molecule has 1 aliphatic heterocycles. The van der Waals surface area contributed by atoms with E-state index in [0.29, 0.717) is 5.57 Å². The van der Waals surface area contributed by atoms with Gasteiger partial charge < -0.3 is 27.4 Å². The quantitative estimate of drug-likeness (QED) is 0.324. The zero-order chi connectivity index (χ0) is 22.3. The van der Waals surface area contributed by atoms with E-state index in [1.165, 1.54) is 18.5 Å². The molecule has 0 fully saturated rings. The maximum absolute atomic E-state index is 12.9. The molecule has 1 amide bonds. The number of hydrogen-bond acceptors (Lipinski definition) is 6. The van der Waals surface area contributed by atoms with E-state index < -0.39 is 5.66 Å². The predicted octanol–water partition coefficient (Wildman–Crippen LogP) is 3.29. The Labute approximate surface area is 186 Å². The fraction of sp³-hybridized carbons (Fsp3) is 0.120. The molecule has 2 aliphatic rings. The Kier molecular flexibility index (Phi) is 4.59. The second kappa shape index (κ2) is 7.46. The summed E-state index contributed by atoms with van der Waals surface area (Å²) in [7, 11) is 0. The SMILES string of the molecule is CC1(c2cccc3c2-c2ccccc2C3NC(=O)C(/C=C\N)=C/N)Nc2ccncc2N1. The van der Waals surface area contributed by atoms with Gasteiger partial charge in [0.25, 0.3) is 5.91 Å². The van der Waals surface area contributed by atoms with Crippen molar-refractivity contribution >= 4 is 17.3 Å². The Morgan fingerprint density at radius 2 is 1.84 bits per heavy atom. The normalized spacial score (nSPS) is 20.8. The minimum absolute atomic E-state index is 0.283. The highest BCUT2D eigenvalue weighted by atomic mass is 16.1. The summed E-state index contributed by atoms with van der Waals surface area (Å²) in [6.45, 7) is 2.11. The average Bonchev–Trinajstić information content (AvgIpc) is 3.32. The van der Waals surface area contributed by atoms with Crippen molar-refractivity contribution in [1.82, 2.24) is 10.3 Å². The highest BCUT2D eigenvalue weighted by Gasteiger charge is 2.40. The lowest BCUT2D eigenvalue weighted by Gasteiger charge is -2.29. The van der Waals surface area contributed by atoms with Crippen LogP contribution in [0.15, 0.2) is 85.0 Å². The Bertz CT molecular complexity index is 1250. The molecule has 1 aromatic heterocycles. The molecule has 3 aromatic rings. The Hall–Kier alpha value is -4.26. The summed E-state index contributed by atoms with van der Waals surface area (Å²) in [6.07, 6.45) is 7.65. The third kappa shape index (κ3) is 2.98. The molecular weight excluding hydrogens is 400 g/mol. The van der Waals surface area contributed by atoms with Crippen LogP contribution in [-0.4, -0.2) is 10.9 Å². The molecule has 0 saturated carbocycles. The van der Waals surface area contributed by atoms with Crippen LogP contribution in [0.5, 0.6) is 0 Å². The van der Waals surface area contributed by atoms with Crippen molar-refractivity contribution in [3.05, 3.63) is 102 Å². The monoisotopic (exact) mass is 424 g/mol. The van der Waals surface area contributed by atoms with E-state index in [4.69, 9.17) is 11.5 Å². The van der Waals surface area contributed by atoms with Gasteiger partial charge in [0.1, 0.15) is 5.66 Å². The molecule has 7 heteroatoms. The van der Waals surface area contributed by atoms with Crippen LogP contribution in [0.2, 0.25) is 0 Å². The summed E-state index contributed by atoms with van der Waals surface area (Å²) in [5, 5.41) is 10.3. The summed E-state index contributed by atoms with van der Waals surface area (Å²) in [5.74, 6) is -0.283. The molecule has 0 bridgehead atoms. The molecule has 2 aromatic carbocycles. The number of carbonyl (C=O) groups is 1. The van der Waals surface area contributed by atoms with Crippen LogP contribution in [0.25, 0.3) is 11.1 Å². The van der Waals surface area contributed by atoms with Crippen LogP contribution < -0.4 is 27.4 Å². The molecule has 2 atom stereocenters. The van der Waals surface area contributed by atoms with Gasteiger partial charge in [-0.15, -0.1) is 0 Å². The van der Waals surface area contributed by atoms with Crippen LogP contribution in [0.4, 0.5) is 11.4 Å². The van der Waals surface area contributed by atoms with Crippen LogP contribution >= 0.6 is 0 Å². The predicted molar refractivity (Wildman–Crippen MR) is 126 cm³/mol. The van der Waals surface area contributed by atoms with Gasteiger partial charge in [0.15, 0.2) is 0 Å². The number of rotatable bonds is 4. The van der Waals surface area contributed by atoms with Crippen LogP contribution in [0.1, 0.15) is 29.7 Å². The lowest BCUT2D eigenvalue weighted by molar-refractivity contribution is -0.117. The number of nitrogens with one attached hydrogen (secondary N) is 3. The molecule has 2 heterocycles. The lowest BCUT2D eigenvalue weighted by Crippen LogP contribution is -2.36. The smallest absolute Gasteiger partial charge is 0.253 e. The highest BCUT2D eigenvalue weighted by molar-refractivity contribution is 5.97. The number of carbonyl (C=O) groups excluding carboxylic acids is 1. The zero-order valence-electron chi connectivity index (χ0n) is 17.6. The minimum Gasteiger partial charge on any atom is -0.405 e. The van der Waals surface area contributed by atoms with Crippen LogP contribution in [-0.2, 0) is 10.5 Å². The molecule has 0 saturated heterocycles. The van der Waals surface area contributed by atoms with E-state index in [-0.39, 0.29) is 11.9 Å². The Morgan fingerprint density at radius 3 is 2.62 bits per heavy atom. The number of fused-ring (bicyclic) bond motifs is 4. The first-order valence-electron chi connectivity index (χ1n) is 10.4. The zero-order valence-corrected chi connectivity index (χ0v) is 17.6. The number of anilines is 2. The number of hydrogen-bond donors (Lipinski definition) is 5. The highest BCUT2D eigenvalue weighted by Crippen LogP contribution is 2.49. The van der Waals surface area contributed by atoms with Gasteiger partial charge in [0, 0.05) is 18.0 Å². The maximum Gasteiger partial charge on any atom is 0.253 e. The second-order valence-electron chi connectivity index (χ2n) is 8.04. The number of benzene rings is 2. The molecule has 0 radical (unpaired) electrons. The summed E-state index contributed by atoms with van der Waals surface area (Å²) in [4.78, 5) is 17.1. The number of amides is 1. The van der Waals surface area contributed by atoms with Gasteiger partial charge in [-0.25, -0.2) is 0 Å². The maximum atomic E-state index is 12.9. The first-order valence-corrected chi connectivity index (χ1v) is 10.4. The number of nitrogens with two attached hydrogens (primary N) is 2. The molecule has 5 rings (SSSR count). The molecule has 160 valence electrons. The Morgan fingerprint density at radius 1 is 1.06 bits per heavy atom. The number of aromatic nitrogens is 1. The van der Waals surface area contributed by atoms with E-state index in [1.54, 1.807) is 6.20 Å². The van der Waals surface area contributed by atoms with Crippen LogP contribution in [0, 0.1) is 0 Å². The van der Waals surface area contributed by atoms with Gasteiger partial charge in [-0.1, -0.05) is 42.5 Å². The van der Waals surface area contributed by atoms with E-state index in [1.807, 2.05) is 36.5 Å². The van der Waals surface area contributed by atoms with E-state index in [9.17, 15) is 4.79 Å². The molecule has 2 unspecified atom stereocenters. The minimum atomic E-state index is -0.534. The summed E-state index contributed by atoms with van der Waals surface area (Å²) in [6, 6.07) is 16.0. The van der Waals surface area contributed by atoms with Crippen molar-refractivity contribution in [3.8, 4) is 11.1 Å². The third-order valence-electron chi connectivity index (χ3n) is 6.07. The molecule has 32 heavy (non-hydrogen) atoms. The van der Waals surface area contributed by atoms with Crippen molar-refractivity contribution in [2.75, 3.05) is 10.6 Å². The van der Waals surface area contributed by atoms with Gasteiger partial charge in [-0.05, 0) is 47.5 Å². The van der Waals surface area contributed by atoms with Crippen molar-refractivity contribution in [3.63, 3.8) is 0 Å². The first kappa shape index (κ1) is 19.7. The van der Waals surface area contributed by atoms with E-state index in [0.717, 1.165) is 39.2 Å². The summed E-state index contributed by atoms with van der Waals surface area (Å²) in [5.41, 5.74) is 18.2. The standard InChI is InChI=1S/C25H24N6O/c1-25(30-20-10-12-28-14-21(20)31-25)19-8-4-7-18-22(19)16-5-2-3-6-17(16)23(18)29-24(32)15(13-27)9-11-26/h2-14,23,30-31H,26-27H2,1H3,(H,29,32)/b11-9-,15-13+. The third-order valence-corrected chi connectivity index (χ3v) is 6.07. The molecule has 7 nitrogen and oxygen atoms in total. The molecule has 0 spiro atoms. The van der Waals surface area contributed by atoms with Gasteiger partial charge in [-0.3, -0.25) is 9.78 Å². The van der Waals surface area contributed by atoms with Crippen LogP contribution in [0.3, 0.4) is 0 Å². The molecule has 1 aliphatic carbocycles. The van der Waals surface area contributed by atoms with Gasteiger partial charge in [-0.2, -0.15) is 0 Å². The van der Waals surface area contributed by atoms with Crippen molar-refractivity contribution in [2.24, 2.45) is 11.5 Å². The van der Waals surface area contributed by atoms with Gasteiger partial charge >= 0.3 is 0 Å². The first-order chi connectivity index (χ1) is 15.6. The lowest BCUT2D eigenvalue weighted by atomic mass is 9.91. The fourth-order valence-corrected chi connectivity index (χ4v) is 4.66. The fourth-order valence-electron chi connectivity index (χ4n) is 4.66. The second-order valence-corrected chi connectivity index (χ2v) is 8.04. The van der Waals surface area contributed by atoms with Crippen molar-refractivity contribution in [2.45, 2.75) is 18.6 Å². The van der Waals surface area contributed by atoms with Crippen molar-refractivity contribution < 1.29 is 4.79 Å². The topological polar surface area (TPSA) is 118 Å². The number of pyridine rings is 1. The van der Waals surface area contributed by atoms with E-state index in [2.05, 4.69) is 46.1 Å². The van der Waals surface area contributed by atoms with Gasteiger partial charge in [0.05, 0.1) is 29.2 Å². The average molecular weight is 425 g/mol. The number of nitrogens with zero attached hydrogens (tertiary/aromatic N) is 1. The molecular formula is C25H24N6O. The van der Waals surface area contributed by atoms with E-state index >= 15 is 0 Å². The molecule has 7 N–H and O–H groups in total. The van der Waals surface area contributed by atoms with Gasteiger partial charge in [0.2, 0.25) is 0 Å². The summed E-state index contributed by atoms with van der Waals surface area (Å²) < 4.78 is 0. The van der Waals surface area contributed by atoms with Crippen molar-refractivity contribution in [1.29, 1.82) is 0 Å². The largest absolute Gasteiger partial charge is 0.405 e. The Balaban J connectivity index is 1.60.